The fourth-order valence-corrected chi connectivity index (χ4v) is 6.04. The van der Waals surface area contributed by atoms with E-state index < -0.39 is 11.6 Å². The van der Waals surface area contributed by atoms with Crippen molar-refractivity contribution in [3.8, 4) is 0 Å². The Hall–Kier alpha value is -0.890. The average Bonchev–Trinajstić information content (AvgIpc) is 3.37. The van der Waals surface area contributed by atoms with Crippen molar-refractivity contribution in [1.29, 1.82) is 0 Å². The number of alkyl halides is 1. The van der Waals surface area contributed by atoms with Gasteiger partial charge in [0.25, 0.3) is 0 Å². The smallest absolute Gasteiger partial charge is 0.349 e. The van der Waals surface area contributed by atoms with Crippen molar-refractivity contribution >= 4 is 40.2 Å². The van der Waals surface area contributed by atoms with E-state index in [9.17, 15) is 9.90 Å². The average molecular weight is 446 g/mol. The predicted octanol–water partition coefficient (Wildman–Crippen LogP) is 0.705. The molecule has 1 N–H and O–H groups in total. The van der Waals surface area contributed by atoms with Gasteiger partial charge in [-0.05, 0) is 35.0 Å². The van der Waals surface area contributed by atoms with Crippen molar-refractivity contribution in [2.75, 3.05) is 13.1 Å². The highest BCUT2D eigenvalue weighted by Gasteiger charge is 2.51. The van der Waals surface area contributed by atoms with Crippen molar-refractivity contribution < 1.29 is 31.5 Å². The maximum absolute atomic E-state index is 13.1. The molecule has 1 saturated heterocycles. The summed E-state index contributed by atoms with van der Waals surface area (Å²) in [5.41, 5.74) is -1.74. The standard InChI is InChI=1S/C19H21ClNO3S2.ClH/c1-21(12-20)13-6-7-14(21)11-15(10-13)24-18(22)19(23,16-4-2-8-25-16)17-5-3-9-26-17;/h2-9,13-15,23H,10-12H2,1H3;1H/q+1;/p-1/t13-,14+,15-,21+;. The van der Waals surface area contributed by atoms with Crippen molar-refractivity contribution in [3.05, 3.63) is 56.9 Å². The maximum Gasteiger partial charge on any atom is 0.349 e. The van der Waals surface area contributed by atoms with Gasteiger partial charge in [0.1, 0.15) is 18.2 Å². The Morgan fingerprint density at radius 1 is 1.22 bits per heavy atom. The molecule has 4 nitrogen and oxygen atoms in total. The van der Waals surface area contributed by atoms with Crippen LogP contribution in [0.15, 0.2) is 47.2 Å². The van der Waals surface area contributed by atoms with Gasteiger partial charge >= 0.3 is 5.97 Å². The molecule has 2 aliphatic rings. The molecule has 0 radical (unpaired) electrons. The van der Waals surface area contributed by atoms with Crippen LogP contribution in [0.1, 0.15) is 22.6 Å². The SMILES string of the molecule is C[N@+]1(CCl)[C@@H]2C=C[C@H]1C[C@H](OC(=O)C(O)(c1cccs1)c1cccs1)C2.[Cl-]. The Morgan fingerprint density at radius 2 is 1.74 bits per heavy atom. The Balaban J connectivity index is 0.00000210. The van der Waals surface area contributed by atoms with Gasteiger partial charge in [0.05, 0.1) is 16.8 Å². The van der Waals surface area contributed by atoms with Crippen molar-refractivity contribution in [2.45, 2.75) is 36.6 Å². The second kappa shape index (κ2) is 7.85. The molecule has 2 aromatic heterocycles. The fourth-order valence-electron chi connectivity index (χ4n) is 3.97. The summed E-state index contributed by atoms with van der Waals surface area (Å²) in [5, 5.41) is 15.0. The van der Waals surface area contributed by atoms with E-state index in [4.69, 9.17) is 16.3 Å². The largest absolute Gasteiger partial charge is 1.00 e. The van der Waals surface area contributed by atoms with Gasteiger partial charge in [-0.2, -0.15) is 0 Å². The van der Waals surface area contributed by atoms with Crippen molar-refractivity contribution in [3.63, 3.8) is 0 Å². The summed E-state index contributed by atoms with van der Waals surface area (Å²) in [4.78, 5) is 14.3. The summed E-state index contributed by atoms with van der Waals surface area (Å²) in [7, 11) is 2.15. The number of rotatable bonds is 5. The number of nitrogens with zero attached hydrogens (tertiary/aromatic N) is 1. The summed E-state index contributed by atoms with van der Waals surface area (Å²) in [6.45, 7) is 0. The van der Waals surface area contributed by atoms with Gasteiger partial charge < -0.3 is 26.7 Å². The molecular formula is C19H21Cl2NO3S2. The molecule has 146 valence electrons. The quantitative estimate of drug-likeness (QED) is 0.242. The lowest BCUT2D eigenvalue weighted by Crippen LogP contribution is -3.00. The highest BCUT2D eigenvalue weighted by Crippen LogP contribution is 2.41. The van der Waals surface area contributed by atoms with E-state index in [1.54, 1.807) is 12.1 Å². The van der Waals surface area contributed by atoms with Gasteiger partial charge in [0, 0.05) is 12.8 Å². The zero-order valence-electron chi connectivity index (χ0n) is 14.8. The molecule has 1 fully saturated rings. The molecule has 0 amide bonds. The van der Waals surface area contributed by atoms with E-state index in [1.807, 2.05) is 22.9 Å². The molecule has 2 bridgehead atoms. The number of carbonyl (C=O) groups excluding carboxylic acids is 1. The molecule has 0 aliphatic carbocycles. The number of aliphatic hydroxyl groups is 1. The zero-order valence-corrected chi connectivity index (χ0v) is 17.9. The second-order valence-corrected chi connectivity index (χ2v) is 9.28. The monoisotopic (exact) mass is 445 g/mol. The summed E-state index contributed by atoms with van der Waals surface area (Å²) in [6, 6.07) is 8.26. The molecule has 4 heterocycles. The molecule has 4 rings (SSSR count). The Kier molecular flexibility index (Phi) is 6.06. The van der Waals surface area contributed by atoms with Crippen LogP contribution in [0.5, 0.6) is 0 Å². The van der Waals surface area contributed by atoms with Crippen molar-refractivity contribution in [1.82, 2.24) is 0 Å². The normalized spacial score (nSPS) is 29.4. The first-order chi connectivity index (χ1) is 12.5. The van der Waals surface area contributed by atoms with E-state index >= 15 is 0 Å². The van der Waals surface area contributed by atoms with Crippen LogP contribution >= 0.6 is 34.3 Å². The van der Waals surface area contributed by atoms with Crippen LogP contribution in [0.25, 0.3) is 0 Å². The minimum atomic E-state index is -1.74. The molecule has 27 heavy (non-hydrogen) atoms. The third-order valence-corrected chi connectivity index (χ3v) is 8.13. The van der Waals surface area contributed by atoms with Gasteiger partial charge in [0.2, 0.25) is 5.60 Å². The number of hydrogen-bond donors (Lipinski definition) is 1. The molecule has 0 spiro atoms. The van der Waals surface area contributed by atoms with Crippen LogP contribution in [0.4, 0.5) is 0 Å². The molecule has 2 aliphatic heterocycles. The van der Waals surface area contributed by atoms with E-state index in [0.717, 1.165) is 17.3 Å². The topological polar surface area (TPSA) is 46.5 Å². The Morgan fingerprint density at radius 3 is 2.15 bits per heavy atom. The third-order valence-electron chi connectivity index (χ3n) is 5.66. The summed E-state index contributed by atoms with van der Waals surface area (Å²) in [5.74, 6) is -0.589. The number of hydrogen-bond acceptors (Lipinski definition) is 5. The van der Waals surface area contributed by atoms with Crippen molar-refractivity contribution in [2.24, 2.45) is 0 Å². The number of halogens is 2. The molecule has 0 aromatic carbocycles. The minimum Gasteiger partial charge on any atom is -1.00 e. The molecule has 2 aromatic rings. The second-order valence-electron chi connectivity index (χ2n) is 7.15. The lowest BCUT2D eigenvalue weighted by molar-refractivity contribution is -0.934. The van der Waals surface area contributed by atoms with Crippen LogP contribution in [-0.2, 0) is 15.1 Å². The number of ether oxygens (including phenoxy) is 1. The Bertz CT molecular complexity index is 757. The molecule has 0 unspecified atom stereocenters. The molecule has 4 atom stereocenters. The van der Waals surface area contributed by atoms with Crippen LogP contribution in [0.3, 0.4) is 0 Å². The molecular weight excluding hydrogens is 425 g/mol. The lowest BCUT2D eigenvalue weighted by atomic mass is 9.95. The number of likely N-dealkylation sites (N-methyl/N-ethyl adjacent to an activating group) is 1. The first kappa shape index (κ1) is 20.8. The zero-order chi connectivity index (χ0) is 18.4. The number of piperidine rings is 1. The van der Waals surface area contributed by atoms with Crippen LogP contribution in [0, 0.1) is 0 Å². The third kappa shape index (κ3) is 3.37. The summed E-state index contributed by atoms with van der Waals surface area (Å²) >= 11 is 8.92. The summed E-state index contributed by atoms with van der Waals surface area (Å²) in [6.07, 6.45) is 5.62. The highest BCUT2D eigenvalue weighted by atomic mass is 35.5. The number of thiophene rings is 2. The predicted molar refractivity (Wildman–Crippen MR) is 104 cm³/mol. The van der Waals surface area contributed by atoms with E-state index in [-0.39, 0.29) is 30.6 Å². The van der Waals surface area contributed by atoms with Gasteiger partial charge in [-0.25, -0.2) is 4.79 Å². The maximum atomic E-state index is 13.1. The number of carbonyl (C=O) groups is 1. The summed E-state index contributed by atoms with van der Waals surface area (Å²) < 4.78 is 6.61. The number of esters is 1. The number of quaternary nitrogens is 1. The molecule has 8 heteroatoms. The Labute approximate surface area is 178 Å². The lowest BCUT2D eigenvalue weighted by Gasteiger charge is -2.45. The van der Waals surface area contributed by atoms with Gasteiger partial charge in [-0.15, -0.1) is 22.7 Å². The minimum absolute atomic E-state index is 0. The first-order valence-electron chi connectivity index (χ1n) is 8.59. The van der Waals surface area contributed by atoms with Gasteiger partial charge in [-0.3, -0.25) is 0 Å². The van der Waals surface area contributed by atoms with E-state index in [1.165, 1.54) is 22.7 Å². The number of fused-ring (bicyclic) bond motifs is 2. The first-order valence-corrected chi connectivity index (χ1v) is 10.9. The van der Waals surface area contributed by atoms with Gasteiger partial charge in [-0.1, -0.05) is 23.7 Å². The van der Waals surface area contributed by atoms with Crippen LogP contribution in [-0.4, -0.2) is 46.8 Å². The molecule has 0 saturated carbocycles. The highest BCUT2D eigenvalue weighted by molar-refractivity contribution is 7.12. The van der Waals surface area contributed by atoms with E-state index in [0.29, 0.717) is 15.8 Å². The van der Waals surface area contributed by atoms with Crippen LogP contribution < -0.4 is 12.4 Å². The fraction of sp³-hybridized carbons (Fsp3) is 0.421. The van der Waals surface area contributed by atoms with E-state index in [2.05, 4.69) is 19.2 Å². The van der Waals surface area contributed by atoms with Crippen LogP contribution in [0.2, 0.25) is 0 Å². The van der Waals surface area contributed by atoms with Gasteiger partial charge in [0.15, 0.2) is 6.00 Å².